The number of aryl methyl sites for hydroxylation is 1. The number of rotatable bonds is 6. The van der Waals surface area contributed by atoms with E-state index in [1.54, 1.807) is 21.3 Å². The first-order valence-electron chi connectivity index (χ1n) is 7.38. The lowest BCUT2D eigenvalue weighted by Gasteiger charge is -2.15. The van der Waals surface area contributed by atoms with Crippen molar-refractivity contribution < 1.29 is 14.2 Å². The van der Waals surface area contributed by atoms with E-state index in [4.69, 9.17) is 14.2 Å². The van der Waals surface area contributed by atoms with Crippen molar-refractivity contribution in [1.82, 2.24) is 0 Å². The maximum atomic E-state index is 9.60. The van der Waals surface area contributed by atoms with Gasteiger partial charge in [-0.25, -0.2) is 0 Å². The number of methoxy groups -OCH3 is 3. The van der Waals surface area contributed by atoms with Gasteiger partial charge >= 0.3 is 0 Å². The van der Waals surface area contributed by atoms with Crippen molar-refractivity contribution in [3.63, 3.8) is 0 Å². The molecule has 0 aromatic heterocycles. The highest BCUT2D eigenvalue weighted by atomic mass is 16.5. The molecule has 0 heterocycles. The summed E-state index contributed by atoms with van der Waals surface area (Å²) in [4.78, 5) is 0. The molecular weight excluding hydrogens is 290 g/mol. The quantitative estimate of drug-likeness (QED) is 0.812. The topological polar surface area (TPSA) is 51.5 Å². The summed E-state index contributed by atoms with van der Waals surface area (Å²) >= 11 is 0. The van der Waals surface area contributed by atoms with E-state index >= 15 is 0 Å². The largest absolute Gasteiger partial charge is 0.496 e. The minimum atomic E-state index is -0.287. The third-order valence-electron chi connectivity index (χ3n) is 3.83. The van der Waals surface area contributed by atoms with E-state index in [0.29, 0.717) is 17.9 Å². The second-order valence-corrected chi connectivity index (χ2v) is 5.32. The number of hydrogen-bond acceptors (Lipinski definition) is 4. The molecule has 2 rings (SSSR count). The predicted octanol–water partition coefficient (Wildman–Crippen LogP) is 3.87. The Morgan fingerprint density at radius 3 is 2.17 bits per heavy atom. The third kappa shape index (κ3) is 3.75. The summed E-state index contributed by atoms with van der Waals surface area (Å²) < 4.78 is 16.0. The van der Waals surface area contributed by atoms with Crippen LogP contribution in [0.15, 0.2) is 36.4 Å². The fourth-order valence-corrected chi connectivity index (χ4v) is 2.59. The van der Waals surface area contributed by atoms with Gasteiger partial charge in [0.05, 0.1) is 33.3 Å². The minimum Gasteiger partial charge on any atom is -0.496 e. The molecule has 2 aromatic rings. The van der Waals surface area contributed by atoms with Crippen LogP contribution in [-0.4, -0.2) is 21.3 Å². The first-order valence-corrected chi connectivity index (χ1v) is 7.38. The van der Waals surface area contributed by atoms with Crippen molar-refractivity contribution in [3.05, 3.63) is 53.1 Å². The minimum absolute atomic E-state index is 0.287. The van der Waals surface area contributed by atoms with E-state index in [9.17, 15) is 5.26 Å². The zero-order chi connectivity index (χ0) is 16.8. The van der Waals surface area contributed by atoms with Crippen molar-refractivity contribution in [2.75, 3.05) is 21.3 Å². The van der Waals surface area contributed by atoms with E-state index in [0.717, 1.165) is 22.4 Å². The first kappa shape index (κ1) is 16.7. The Hall–Kier alpha value is -2.67. The number of benzene rings is 2. The van der Waals surface area contributed by atoms with E-state index in [2.05, 4.69) is 12.1 Å². The van der Waals surface area contributed by atoms with Crippen LogP contribution in [0.3, 0.4) is 0 Å². The summed E-state index contributed by atoms with van der Waals surface area (Å²) in [6, 6.07) is 14.0. The SMILES string of the molecule is COc1ccc(C)cc1CC(C#N)c1ccc(OC)c(OC)c1. The molecule has 120 valence electrons. The second-order valence-electron chi connectivity index (χ2n) is 5.32. The van der Waals surface area contributed by atoms with Crippen LogP contribution in [-0.2, 0) is 6.42 Å². The molecule has 2 aromatic carbocycles. The van der Waals surface area contributed by atoms with Gasteiger partial charge < -0.3 is 14.2 Å². The normalized spacial score (nSPS) is 11.4. The van der Waals surface area contributed by atoms with Gasteiger partial charge in [-0.2, -0.15) is 5.26 Å². The lowest BCUT2D eigenvalue weighted by atomic mass is 9.92. The van der Waals surface area contributed by atoms with E-state index in [1.165, 1.54) is 0 Å². The Balaban J connectivity index is 2.34. The van der Waals surface area contributed by atoms with Gasteiger partial charge in [-0.15, -0.1) is 0 Å². The molecule has 1 atom stereocenters. The van der Waals surface area contributed by atoms with Crippen LogP contribution in [0.2, 0.25) is 0 Å². The second kappa shape index (κ2) is 7.55. The Morgan fingerprint density at radius 1 is 0.913 bits per heavy atom. The molecule has 0 amide bonds. The summed E-state index contributed by atoms with van der Waals surface area (Å²) in [5.41, 5.74) is 3.06. The molecule has 0 spiro atoms. The molecule has 0 saturated heterocycles. The molecule has 0 fully saturated rings. The van der Waals surface area contributed by atoms with Gasteiger partial charge in [0.1, 0.15) is 5.75 Å². The zero-order valence-electron chi connectivity index (χ0n) is 13.9. The average Bonchev–Trinajstić information content (AvgIpc) is 2.59. The Labute approximate surface area is 137 Å². The Kier molecular flexibility index (Phi) is 5.48. The van der Waals surface area contributed by atoms with Crippen molar-refractivity contribution >= 4 is 0 Å². The van der Waals surface area contributed by atoms with Gasteiger partial charge in [0.2, 0.25) is 0 Å². The van der Waals surface area contributed by atoms with Crippen LogP contribution >= 0.6 is 0 Å². The molecule has 0 bridgehead atoms. The molecule has 0 N–H and O–H groups in total. The van der Waals surface area contributed by atoms with Gasteiger partial charge in [-0.1, -0.05) is 23.8 Å². The lowest BCUT2D eigenvalue weighted by Crippen LogP contribution is -2.03. The van der Waals surface area contributed by atoms with Crippen molar-refractivity contribution in [3.8, 4) is 23.3 Å². The van der Waals surface area contributed by atoms with Crippen molar-refractivity contribution in [2.45, 2.75) is 19.3 Å². The van der Waals surface area contributed by atoms with E-state index in [-0.39, 0.29) is 5.92 Å². The Morgan fingerprint density at radius 2 is 1.57 bits per heavy atom. The molecule has 0 aliphatic carbocycles. The van der Waals surface area contributed by atoms with Gasteiger partial charge in [0, 0.05) is 0 Å². The maximum Gasteiger partial charge on any atom is 0.161 e. The van der Waals surface area contributed by atoms with Crippen LogP contribution < -0.4 is 14.2 Å². The third-order valence-corrected chi connectivity index (χ3v) is 3.83. The van der Waals surface area contributed by atoms with Crippen molar-refractivity contribution in [1.29, 1.82) is 5.26 Å². The van der Waals surface area contributed by atoms with E-state index in [1.807, 2.05) is 37.3 Å². The van der Waals surface area contributed by atoms with Gasteiger partial charge in [0.25, 0.3) is 0 Å². The number of nitriles is 1. The molecule has 0 radical (unpaired) electrons. The number of ether oxygens (including phenoxy) is 3. The Bertz CT molecular complexity index is 719. The number of hydrogen-bond donors (Lipinski definition) is 0. The van der Waals surface area contributed by atoms with Crippen molar-refractivity contribution in [2.24, 2.45) is 0 Å². The maximum absolute atomic E-state index is 9.60. The molecule has 1 unspecified atom stereocenters. The van der Waals surface area contributed by atoms with Crippen LogP contribution in [0.5, 0.6) is 17.2 Å². The standard InChI is InChI=1S/C19H21NO3/c1-13-5-7-17(21-2)15(9-13)10-16(12-20)14-6-8-18(22-3)19(11-14)23-4/h5-9,11,16H,10H2,1-4H3. The fourth-order valence-electron chi connectivity index (χ4n) is 2.59. The first-order chi connectivity index (χ1) is 11.1. The summed E-state index contributed by atoms with van der Waals surface area (Å²) in [7, 11) is 4.83. The van der Waals surface area contributed by atoms with Gasteiger partial charge in [-0.3, -0.25) is 0 Å². The lowest BCUT2D eigenvalue weighted by molar-refractivity contribution is 0.354. The molecule has 0 aliphatic rings. The molecule has 23 heavy (non-hydrogen) atoms. The fraction of sp³-hybridized carbons (Fsp3) is 0.316. The monoisotopic (exact) mass is 311 g/mol. The molecule has 4 nitrogen and oxygen atoms in total. The van der Waals surface area contributed by atoms with E-state index < -0.39 is 0 Å². The highest BCUT2D eigenvalue weighted by molar-refractivity contribution is 5.46. The van der Waals surface area contributed by atoms with Gasteiger partial charge in [0.15, 0.2) is 11.5 Å². The smallest absolute Gasteiger partial charge is 0.161 e. The van der Waals surface area contributed by atoms with Crippen LogP contribution in [0.25, 0.3) is 0 Å². The summed E-state index contributed by atoms with van der Waals surface area (Å²) in [6.07, 6.45) is 0.580. The van der Waals surface area contributed by atoms with Gasteiger partial charge in [-0.05, 0) is 42.7 Å². The summed E-state index contributed by atoms with van der Waals surface area (Å²) in [5.74, 6) is 1.80. The molecule has 0 saturated carbocycles. The predicted molar refractivity (Wildman–Crippen MR) is 89.3 cm³/mol. The summed E-state index contributed by atoms with van der Waals surface area (Å²) in [6.45, 7) is 2.03. The van der Waals surface area contributed by atoms with Crippen LogP contribution in [0.4, 0.5) is 0 Å². The highest BCUT2D eigenvalue weighted by Gasteiger charge is 2.17. The van der Waals surface area contributed by atoms with Crippen LogP contribution in [0.1, 0.15) is 22.6 Å². The summed E-state index contributed by atoms with van der Waals surface area (Å²) in [5, 5.41) is 9.60. The molecule has 4 heteroatoms. The van der Waals surface area contributed by atoms with Crippen LogP contribution in [0, 0.1) is 18.3 Å². The number of nitrogens with zero attached hydrogens (tertiary/aromatic N) is 1. The average molecular weight is 311 g/mol. The highest BCUT2D eigenvalue weighted by Crippen LogP contribution is 2.33. The molecular formula is C19H21NO3. The zero-order valence-corrected chi connectivity index (χ0v) is 13.9. The molecule has 0 aliphatic heterocycles.